The third kappa shape index (κ3) is 3.78. The standard InChI is InChI=1S/C21H26O3/c1-6-17-11-16(7-8-19(17)24-5)12-18(21(22)23)20-14(3)9-13(2)10-15(20)4/h7-11,18H,6,12H2,1-5H3,(H,22,23). The van der Waals surface area contributed by atoms with Gasteiger partial charge in [0.2, 0.25) is 0 Å². The molecule has 0 aliphatic rings. The van der Waals surface area contributed by atoms with Crippen LogP contribution in [0.1, 0.15) is 46.2 Å². The van der Waals surface area contributed by atoms with Gasteiger partial charge in [0.15, 0.2) is 0 Å². The van der Waals surface area contributed by atoms with E-state index in [1.165, 1.54) is 0 Å². The molecule has 1 N–H and O–H groups in total. The molecule has 0 bridgehead atoms. The van der Waals surface area contributed by atoms with Gasteiger partial charge in [-0.2, -0.15) is 0 Å². The van der Waals surface area contributed by atoms with E-state index in [1.807, 2.05) is 32.9 Å². The fraction of sp³-hybridized carbons (Fsp3) is 0.381. The first-order valence-electron chi connectivity index (χ1n) is 8.33. The number of rotatable bonds is 6. The molecule has 3 nitrogen and oxygen atoms in total. The van der Waals surface area contributed by atoms with E-state index < -0.39 is 11.9 Å². The number of hydrogen-bond acceptors (Lipinski definition) is 2. The maximum absolute atomic E-state index is 11.9. The first-order chi connectivity index (χ1) is 11.4. The van der Waals surface area contributed by atoms with Crippen molar-refractivity contribution in [2.45, 2.75) is 46.5 Å². The molecule has 128 valence electrons. The summed E-state index contributed by atoms with van der Waals surface area (Å²) in [6, 6.07) is 10.1. The Labute approximate surface area is 144 Å². The minimum absolute atomic E-state index is 0.483. The van der Waals surface area contributed by atoms with Crippen LogP contribution in [0, 0.1) is 20.8 Å². The Bertz CT molecular complexity index is 724. The van der Waals surface area contributed by atoms with E-state index in [2.05, 4.69) is 25.1 Å². The van der Waals surface area contributed by atoms with Gasteiger partial charge in [-0.25, -0.2) is 0 Å². The van der Waals surface area contributed by atoms with E-state index in [9.17, 15) is 9.90 Å². The molecule has 3 heteroatoms. The van der Waals surface area contributed by atoms with Crippen molar-refractivity contribution in [2.24, 2.45) is 0 Å². The second kappa shape index (κ2) is 7.52. The molecular weight excluding hydrogens is 300 g/mol. The topological polar surface area (TPSA) is 46.5 Å². The van der Waals surface area contributed by atoms with E-state index in [4.69, 9.17) is 4.74 Å². The molecule has 0 amide bonds. The lowest BCUT2D eigenvalue weighted by atomic mass is 9.85. The number of methoxy groups -OCH3 is 1. The molecule has 0 saturated carbocycles. The molecule has 0 radical (unpaired) electrons. The Kier molecular flexibility index (Phi) is 5.66. The third-order valence-corrected chi connectivity index (χ3v) is 4.55. The van der Waals surface area contributed by atoms with Gasteiger partial charge in [0.1, 0.15) is 5.75 Å². The number of aryl methyl sites for hydroxylation is 4. The summed E-state index contributed by atoms with van der Waals surface area (Å²) in [5.41, 5.74) is 6.32. The first kappa shape index (κ1) is 18.1. The molecule has 1 atom stereocenters. The molecule has 2 rings (SSSR count). The molecular formula is C21H26O3. The van der Waals surface area contributed by atoms with Gasteiger partial charge < -0.3 is 9.84 Å². The van der Waals surface area contributed by atoms with Crippen LogP contribution in [-0.4, -0.2) is 18.2 Å². The number of hydrogen-bond donors (Lipinski definition) is 1. The van der Waals surface area contributed by atoms with E-state index in [1.54, 1.807) is 7.11 Å². The van der Waals surface area contributed by atoms with Crippen molar-refractivity contribution in [3.63, 3.8) is 0 Å². The average Bonchev–Trinajstić information content (AvgIpc) is 2.52. The summed E-state index contributed by atoms with van der Waals surface area (Å²) in [6.45, 7) is 8.11. The summed E-state index contributed by atoms with van der Waals surface area (Å²) in [6.07, 6.45) is 1.34. The Morgan fingerprint density at radius 2 is 1.75 bits per heavy atom. The zero-order valence-corrected chi connectivity index (χ0v) is 15.1. The summed E-state index contributed by atoms with van der Waals surface area (Å²) < 4.78 is 5.36. The summed E-state index contributed by atoms with van der Waals surface area (Å²) in [7, 11) is 1.66. The Morgan fingerprint density at radius 1 is 1.12 bits per heavy atom. The normalized spacial score (nSPS) is 12.0. The first-order valence-corrected chi connectivity index (χ1v) is 8.33. The number of benzene rings is 2. The van der Waals surface area contributed by atoms with Crippen molar-refractivity contribution in [3.05, 3.63) is 63.7 Å². The lowest BCUT2D eigenvalue weighted by molar-refractivity contribution is -0.138. The van der Waals surface area contributed by atoms with Gasteiger partial charge in [-0.1, -0.05) is 36.8 Å². The van der Waals surface area contributed by atoms with E-state index in [0.29, 0.717) is 6.42 Å². The van der Waals surface area contributed by atoms with E-state index in [-0.39, 0.29) is 0 Å². The molecule has 1 unspecified atom stereocenters. The molecule has 0 aromatic heterocycles. The number of aliphatic carboxylic acids is 1. The van der Waals surface area contributed by atoms with Gasteiger partial charge >= 0.3 is 5.97 Å². The quantitative estimate of drug-likeness (QED) is 0.844. The van der Waals surface area contributed by atoms with Crippen molar-refractivity contribution in [1.29, 1.82) is 0 Å². The highest BCUT2D eigenvalue weighted by atomic mass is 16.5. The summed E-state index contributed by atoms with van der Waals surface area (Å²) in [5, 5.41) is 9.81. The highest BCUT2D eigenvalue weighted by Gasteiger charge is 2.24. The maximum Gasteiger partial charge on any atom is 0.311 e. The van der Waals surface area contributed by atoms with Gasteiger partial charge in [0.05, 0.1) is 13.0 Å². The number of carbonyl (C=O) groups is 1. The molecule has 0 spiro atoms. The van der Waals surface area contributed by atoms with E-state index in [0.717, 1.165) is 45.6 Å². The van der Waals surface area contributed by atoms with Crippen molar-refractivity contribution >= 4 is 5.97 Å². The Morgan fingerprint density at radius 3 is 2.25 bits per heavy atom. The SMILES string of the molecule is CCc1cc(CC(C(=O)O)c2c(C)cc(C)cc2C)ccc1OC. The molecule has 2 aromatic carbocycles. The molecule has 2 aromatic rings. The van der Waals surface area contributed by atoms with Crippen molar-refractivity contribution < 1.29 is 14.6 Å². The predicted octanol–water partition coefficient (Wildman–Crippen LogP) is 4.59. The smallest absolute Gasteiger partial charge is 0.311 e. The van der Waals surface area contributed by atoms with Crippen molar-refractivity contribution in [1.82, 2.24) is 0 Å². The van der Waals surface area contributed by atoms with Gasteiger partial charge in [-0.3, -0.25) is 4.79 Å². The fourth-order valence-electron chi connectivity index (χ4n) is 3.52. The lowest BCUT2D eigenvalue weighted by Crippen LogP contribution is -2.17. The summed E-state index contributed by atoms with van der Waals surface area (Å²) in [5.74, 6) is -0.460. The minimum atomic E-state index is -0.779. The van der Waals surface area contributed by atoms with Crippen molar-refractivity contribution in [3.8, 4) is 5.75 Å². The van der Waals surface area contributed by atoms with Gasteiger partial charge in [-0.15, -0.1) is 0 Å². The predicted molar refractivity (Wildman–Crippen MR) is 97.1 cm³/mol. The van der Waals surface area contributed by atoms with Crippen LogP contribution in [0.25, 0.3) is 0 Å². The molecule has 0 saturated heterocycles. The van der Waals surface area contributed by atoms with Crippen LogP contribution in [0.3, 0.4) is 0 Å². The highest BCUT2D eigenvalue weighted by molar-refractivity contribution is 5.78. The fourth-order valence-corrected chi connectivity index (χ4v) is 3.52. The summed E-state index contributed by atoms with van der Waals surface area (Å²) >= 11 is 0. The average molecular weight is 326 g/mol. The van der Waals surface area contributed by atoms with Crippen LogP contribution in [0.15, 0.2) is 30.3 Å². The van der Waals surface area contributed by atoms with Crippen LogP contribution in [0.5, 0.6) is 5.75 Å². The van der Waals surface area contributed by atoms with Gasteiger partial charge in [0.25, 0.3) is 0 Å². The molecule has 0 fully saturated rings. The van der Waals surface area contributed by atoms with Gasteiger partial charge in [0, 0.05) is 0 Å². The second-order valence-corrected chi connectivity index (χ2v) is 6.41. The third-order valence-electron chi connectivity index (χ3n) is 4.55. The van der Waals surface area contributed by atoms with E-state index >= 15 is 0 Å². The zero-order chi connectivity index (χ0) is 17.9. The summed E-state index contributed by atoms with van der Waals surface area (Å²) in [4.78, 5) is 11.9. The monoisotopic (exact) mass is 326 g/mol. The largest absolute Gasteiger partial charge is 0.496 e. The van der Waals surface area contributed by atoms with Crippen LogP contribution in [0.4, 0.5) is 0 Å². The van der Waals surface area contributed by atoms with Gasteiger partial charge in [-0.05, 0) is 67.5 Å². The molecule has 0 aliphatic carbocycles. The van der Waals surface area contributed by atoms with Crippen LogP contribution in [0.2, 0.25) is 0 Å². The van der Waals surface area contributed by atoms with Crippen LogP contribution in [-0.2, 0) is 17.6 Å². The molecule has 0 heterocycles. The Balaban J connectivity index is 2.42. The van der Waals surface area contributed by atoms with Crippen molar-refractivity contribution in [2.75, 3.05) is 7.11 Å². The van der Waals surface area contributed by atoms with Crippen LogP contribution < -0.4 is 4.74 Å². The maximum atomic E-state index is 11.9. The molecule has 24 heavy (non-hydrogen) atoms. The number of carboxylic acids is 1. The minimum Gasteiger partial charge on any atom is -0.496 e. The lowest BCUT2D eigenvalue weighted by Gasteiger charge is -2.19. The number of ether oxygens (including phenoxy) is 1. The zero-order valence-electron chi connectivity index (χ0n) is 15.1. The Hall–Kier alpha value is -2.29. The number of carboxylic acid groups (broad SMARTS) is 1. The van der Waals surface area contributed by atoms with Crippen LogP contribution >= 0.6 is 0 Å². The highest BCUT2D eigenvalue weighted by Crippen LogP contribution is 2.30. The molecule has 0 aliphatic heterocycles. The second-order valence-electron chi connectivity index (χ2n) is 6.41.